The van der Waals surface area contributed by atoms with Crippen molar-refractivity contribution in [3.05, 3.63) is 60.2 Å². The Bertz CT molecular complexity index is 547. The molecule has 3 heteroatoms. The fraction of sp³-hybridized carbons (Fsp3) is 0.368. The third-order valence-electron chi connectivity index (χ3n) is 4.06. The van der Waals surface area contributed by atoms with Gasteiger partial charge in [-0.3, -0.25) is 0 Å². The first-order chi connectivity index (χ1) is 10.9. The van der Waals surface area contributed by atoms with Crippen molar-refractivity contribution in [3.8, 4) is 0 Å². The maximum Gasteiger partial charge on any atom is 0.0642 e. The molecule has 0 atom stereocenters. The van der Waals surface area contributed by atoms with Gasteiger partial charge >= 0.3 is 0 Å². The number of nitrogens with one attached hydrogen (secondary N) is 1. The molecule has 1 aliphatic rings. The summed E-state index contributed by atoms with van der Waals surface area (Å²) >= 11 is 0. The van der Waals surface area contributed by atoms with Gasteiger partial charge in [-0.1, -0.05) is 30.3 Å². The van der Waals surface area contributed by atoms with E-state index in [1.807, 2.05) is 0 Å². The van der Waals surface area contributed by atoms with Gasteiger partial charge in [-0.2, -0.15) is 0 Å². The predicted molar refractivity (Wildman–Crippen MR) is 92.7 cm³/mol. The average molecular weight is 296 g/mol. The number of benzene rings is 2. The maximum absolute atomic E-state index is 5.39. The molecule has 0 amide bonds. The molecule has 0 aromatic heterocycles. The molecule has 116 valence electrons. The van der Waals surface area contributed by atoms with Crippen LogP contribution in [0.1, 0.15) is 12.0 Å². The molecule has 2 aromatic carbocycles. The van der Waals surface area contributed by atoms with E-state index in [-0.39, 0.29) is 0 Å². The Hall–Kier alpha value is -2.00. The van der Waals surface area contributed by atoms with E-state index in [1.165, 1.54) is 16.9 Å². The summed E-state index contributed by atoms with van der Waals surface area (Å²) in [5.74, 6) is 0. The second-order valence-corrected chi connectivity index (χ2v) is 5.66. The zero-order valence-electron chi connectivity index (χ0n) is 13.0. The van der Waals surface area contributed by atoms with Crippen molar-refractivity contribution in [2.75, 3.05) is 43.1 Å². The number of hydrogen-bond donors (Lipinski definition) is 1. The van der Waals surface area contributed by atoms with Gasteiger partial charge < -0.3 is 15.0 Å². The molecular weight excluding hydrogens is 272 g/mol. The Balaban J connectivity index is 1.43. The van der Waals surface area contributed by atoms with E-state index in [4.69, 9.17) is 4.74 Å². The first-order valence-electron chi connectivity index (χ1n) is 8.12. The minimum atomic E-state index is 0.833. The molecule has 0 unspecified atom stereocenters. The lowest BCUT2D eigenvalue weighted by atomic mass is 10.1. The van der Waals surface area contributed by atoms with E-state index >= 15 is 0 Å². The van der Waals surface area contributed by atoms with Crippen molar-refractivity contribution in [2.45, 2.75) is 12.8 Å². The molecule has 1 N–H and O–H groups in total. The number of anilines is 2. The number of ether oxygens (including phenoxy) is 1. The summed E-state index contributed by atoms with van der Waals surface area (Å²) < 4.78 is 5.39. The van der Waals surface area contributed by atoms with Crippen molar-refractivity contribution in [1.29, 1.82) is 0 Å². The molecule has 1 saturated heterocycles. The molecule has 1 fully saturated rings. The number of morpholine rings is 1. The van der Waals surface area contributed by atoms with Crippen LogP contribution in [0.25, 0.3) is 0 Å². The van der Waals surface area contributed by atoms with Crippen LogP contribution in [0.15, 0.2) is 54.6 Å². The zero-order chi connectivity index (χ0) is 15.0. The maximum atomic E-state index is 5.39. The van der Waals surface area contributed by atoms with E-state index in [9.17, 15) is 0 Å². The van der Waals surface area contributed by atoms with Crippen molar-refractivity contribution in [3.63, 3.8) is 0 Å². The van der Waals surface area contributed by atoms with E-state index < -0.39 is 0 Å². The highest BCUT2D eigenvalue weighted by atomic mass is 16.5. The van der Waals surface area contributed by atoms with Crippen molar-refractivity contribution in [1.82, 2.24) is 0 Å². The van der Waals surface area contributed by atoms with Crippen molar-refractivity contribution >= 4 is 11.4 Å². The van der Waals surface area contributed by atoms with Gasteiger partial charge in [0.25, 0.3) is 0 Å². The summed E-state index contributed by atoms with van der Waals surface area (Å²) in [6, 6.07) is 19.4. The van der Waals surface area contributed by atoms with Gasteiger partial charge in [0.05, 0.1) is 13.2 Å². The monoisotopic (exact) mass is 296 g/mol. The van der Waals surface area contributed by atoms with Crippen LogP contribution in [0, 0.1) is 0 Å². The normalized spacial score (nSPS) is 14.8. The lowest BCUT2D eigenvalue weighted by Crippen LogP contribution is -2.36. The Morgan fingerprint density at radius 3 is 2.36 bits per heavy atom. The minimum absolute atomic E-state index is 0.833. The molecule has 3 rings (SSSR count). The summed E-state index contributed by atoms with van der Waals surface area (Å²) in [5, 5.41) is 3.50. The summed E-state index contributed by atoms with van der Waals surface area (Å²) in [4.78, 5) is 2.38. The molecular formula is C19H24N2O. The van der Waals surface area contributed by atoms with Crippen LogP contribution < -0.4 is 10.2 Å². The summed E-state index contributed by atoms with van der Waals surface area (Å²) in [7, 11) is 0. The molecule has 1 heterocycles. The number of hydrogen-bond acceptors (Lipinski definition) is 3. The molecule has 0 bridgehead atoms. The lowest BCUT2D eigenvalue weighted by molar-refractivity contribution is 0.122. The van der Waals surface area contributed by atoms with Crippen LogP contribution in [0.3, 0.4) is 0 Å². The highest BCUT2D eigenvalue weighted by Gasteiger charge is 2.10. The SMILES string of the molecule is c1ccc(CCCNc2ccc(N3CCOCC3)cc2)cc1. The van der Waals surface area contributed by atoms with Crippen LogP contribution in [-0.4, -0.2) is 32.8 Å². The third-order valence-corrected chi connectivity index (χ3v) is 4.06. The molecule has 2 aromatic rings. The smallest absolute Gasteiger partial charge is 0.0642 e. The summed E-state index contributed by atoms with van der Waals surface area (Å²) in [6.07, 6.45) is 2.27. The van der Waals surface area contributed by atoms with E-state index in [1.54, 1.807) is 0 Å². The van der Waals surface area contributed by atoms with Gasteiger partial charge in [-0.15, -0.1) is 0 Å². The second-order valence-electron chi connectivity index (χ2n) is 5.66. The molecule has 22 heavy (non-hydrogen) atoms. The molecule has 3 nitrogen and oxygen atoms in total. The second kappa shape index (κ2) is 7.85. The minimum Gasteiger partial charge on any atom is -0.385 e. The molecule has 0 radical (unpaired) electrons. The van der Waals surface area contributed by atoms with Crippen LogP contribution in [0.5, 0.6) is 0 Å². The largest absolute Gasteiger partial charge is 0.385 e. The van der Waals surface area contributed by atoms with Gasteiger partial charge in [-0.25, -0.2) is 0 Å². The number of rotatable bonds is 6. The first-order valence-corrected chi connectivity index (χ1v) is 8.12. The number of aryl methyl sites for hydroxylation is 1. The lowest BCUT2D eigenvalue weighted by Gasteiger charge is -2.28. The van der Waals surface area contributed by atoms with Crippen molar-refractivity contribution < 1.29 is 4.74 Å². The molecule has 1 aliphatic heterocycles. The van der Waals surface area contributed by atoms with Gasteiger partial charge in [0.2, 0.25) is 0 Å². The Morgan fingerprint density at radius 2 is 1.64 bits per heavy atom. The molecule has 0 saturated carbocycles. The summed E-state index contributed by atoms with van der Waals surface area (Å²) in [6.45, 7) is 4.65. The highest BCUT2D eigenvalue weighted by molar-refractivity contribution is 5.55. The van der Waals surface area contributed by atoms with Gasteiger partial charge in [-0.05, 0) is 42.7 Å². The van der Waals surface area contributed by atoms with Crippen LogP contribution >= 0.6 is 0 Å². The van der Waals surface area contributed by atoms with Crippen LogP contribution in [-0.2, 0) is 11.2 Å². The summed E-state index contributed by atoms with van der Waals surface area (Å²) in [5.41, 5.74) is 3.90. The van der Waals surface area contributed by atoms with Crippen molar-refractivity contribution in [2.24, 2.45) is 0 Å². The van der Waals surface area contributed by atoms with Crippen LogP contribution in [0.4, 0.5) is 11.4 Å². The van der Waals surface area contributed by atoms with Crippen LogP contribution in [0.2, 0.25) is 0 Å². The Kier molecular flexibility index (Phi) is 5.32. The third kappa shape index (κ3) is 4.25. The molecule has 0 spiro atoms. The number of nitrogens with zero attached hydrogens (tertiary/aromatic N) is 1. The van der Waals surface area contributed by atoms with E-state index in [0.717, 1.165) is 45.7 Å². The van der Waals surface area contributed by atoms with Gasteiger partial charge in [0.15, 0.2) is 0 Å². The Labute approximate surface area is 132 Å². The predicted octanol–water partition coefficient (Wildman–Crippen LogP) is 3.57. The van der Waals surface area contributed by atoms with E-state index in [2.05, 4.69) is 64.8 Å². The molecule has 0 aliphatic carbocycles. The van der Waals surface area contributed by atoms with E-state index in [0.29, 0.717) is 0 Å². The van der Waals surface area contributed by atoms with Gasteiger partial charge in [0.1, 0.15) is 0 Å². The fourth-order valence-corrected chi connectivity index (χ4v) is 2.78. The quantitative estimate of drug-likeness (QED) is 0.825. The average Bonchev–Trinajstić information content (AvgIpc) is 2.61. The highest BCUT2D eigenvalue weighted by Crippen LogP contribution is 2.19. The standard InChI is InChI=1S/C19H24N2O/c1-2-5-17(6-3-1)7-4-12-20-18-8-10-19(11-9-18)21-13-15-22-16-14-21/h1-3,5-6,8-11,20H,4,7,12-16H2. The zero-order valence-corrected chi connectivity index (χ0v) is 13.0. The topological polar surface area (TPSA) is 24.5 Å². The Morgan fingerprint density at radius 1 is 0.909 bits per heavy atom. The fourth-order valence-electron chi connectivity index (χ4n) is 2.78. The first kappa shape index (κ1) is 14.9. The van der Waals surface area contributed by atoms with Gasteiger partial charge in [0, 0.05) is 31.0 Å².